The molecule has 0 spiro atoms. The Hall–Kier alpha value is -1.85. The highest BCUT2D eigenvalue weighted by Crippen LogP contribution is 2.18. The Bertz CT molecular complexity index is 1100. The maximum Gasteiger partial charge on any atom is 0.306 e. The number of hydrogen-bond donors (Lipinski definition) is 0. The molecule has 0 saturated heterocycles. The van der Waals surface area contributed by atoms with Crippen molar-refractivity contribution in [1.29, 1.82) is 0 Å². The van der Waals surface area contributed by atoms with Crippen LogP contribution < -0.4 is 0 Å². The van der Waals surface area contributed by atoms with Crippen molar-refractivity contribution in [2.45, 2.75) is 374 Å². The van der Waals surface area contributed by atoms with Gasteiger partial charge in [0.1, 0.15) is 13.2 Å². The first kappa shape index (κ1) is 69.2. The second-order valence-corrected chi connectivity index (χ2v) is 22.0. The Morgan fingerprint density at radius 1 is 0.268 bits per heavy atom. The summed E-state index contributed by atoms with van der Waals surface area (Å²) in [5.41, 5.74) is 0. The van der Waals surface area contributed by atoms with E-state index in [1.165, 1.54) is 270 Å². The number of rotatable bonds is 60. The Morgan fingerprint density at radius 2 is 0.465 bits per heavy atom. The van der Waals surface area contributed by atoms with E-state index in [2.05, 4.69) is 32.9 Å². The molecule has 0 rings (SSSR count). The van der Waals surface area contributed by atoms with Gasteiger partial charge in [-0.1, -0.05) is 315 Å². The highest BCUT2D eigenvalue weighted by Gasteiger charge is 2.19. The van der Waals surface area contributed by atoms with Crippen molar-refractivity contribution in [1.82, 2.24) is 0 Å². The van der Waals surface area contributed by atoms with Gasteiger partial charge in [-0.05, 0) is 44.9 Å². The minimum Gasteiger partial charge on any atom is -0.462 e. The van der Waals surface area contributed by atoms with Gasteiger partial charge in [0.25, 0.3) is 0 Å². The lowest BCUT2D eigenvalue weighted by Gasteiger charge is -2.18. The Kier molecular flexibility index (Phi) is 59.1. The summed E-state index contributed by atoms with van der Waals surface area (Å²) < 4.78 is 16.9. The fourth-order valence-electron chi connectivity index (χ4n) is 9.91. The average molecular weight is 1000 g/mol. The number of esters is 3. The van der Waals surface area contributed by atoms with Gasteiger partial charge >= 0.3 is 17.9 Å². The Morgan fingerprint density at radius 3 is 0.704 bits per heavy atom. The van der Waals surface area contributed by atoms with Crippen LogP contribution in [0.15, 0.2) is 12.2 Å². The summed E-state index contributed by atoms with van der Waals surface area (Å²) in [5, 5.41) is 0. The van der Waals surface area contributed by atoms with E-state index in [-0.39, 0.29) is 31.1 Å². The monoisotopic (exact) mass is 1000 g/mol. The number of allylic oxidation sites excluding steroid dienone is 2. The van der Waals surface area contributed by atoms with Gasteiger partial charge in [0.15, 0.2) is 6.10 Å². The molecule has 0 aromatic rings. The molecule has 0 saturated carbocycles. The summed E-state index contributed by atoms with van der Waals surface area (Å²) in [6.45, 7) is 6.71. The molecule has 1 unspecified atom stereocenters. The largest absolute Gasteiger partial charge is 0.462 e. The fourth-order valence-corrected chi connectivity index (χ4v) is 9.91. The number of carbonyl (C=O) groups is 3. The van der Waals surface area contributed by atoms with Gasteiger partial charge in [0.2, 0.25) is 0 Å². The number of carbonyl (C=O) groups excluding carboxylic acids is 3. The van der Waals surface area contributed by atoms with E-state index >= 15 is 0 Å². The van der Waals surface area contributed by atoms with Crippen LogP contribution in [0.2, 0.25) is 0 Å². The van der Waals surface area contributed by atoms with E-state index in [9.17, 15) is 14.4 Å². The maximum atomic E-state index is 12.9. The molecule has 0 heterocycles. The van der Waals surface area contributed by atoms with Crippen molar-refractivity contribution in [2.75, 3.05) is 13.2 Å². The van der Waals surface area contributed by atoms with Crippen molar-refractivity contribution in [2.24, 2.45) is 0 Å². The molecule has 0 fully saturated rings. The topological polar surface area (TPSA) is 78.9 Å². The molecule has 0 aliphatic carbocycles. The Balaban J connectivity index is 4.26. The quantitative estimate of drug-likeness (QED) is 0.0261. The standard InChI is InChI=1S/C65H124O6/c1-4-7-10-13-16-19-22-25-28-30-31-32-33-34-36-37-40-43-46-49-52-55-58-64(67)70-61-62(60-69-63(66)57-54-51-48-45-42-39-27-24-21-18-15-12-9-6-3)71-65(68)59-56-53-50-47-44-41-38-35-29-26-23-20-17-14-11-8-5-2/h26,29,62H,4-25,27-28,30-61H2,1-3H3/b29-26-. The van der Waals surface area contributed by atoms with Crippen LogP contribution in [0.25, 0.3) is 0 Å². The third-order valence-corrected chi connectivity index (χ3v) is 14.8. The maximum absolute atomic E-state index is 12.9. The molecule has 0 amide bonds. The molecule has 0 N–H and O–H groups in total. The third-order valence-electron chi connectivity index (χ3n) is 14.8. The van der Waals surface area contributed by atoms with Crippen molar-refractivity contribution < 1.29 is 28.6 Å². The van der Waals surface area contributed by atoms with Gasteiger partial charge in [-0.3, -0.25) is 14.4 Å². The molecule has 6 nitrogen and oxygen atoms in total. The molecule has 0 aliphatic heterocycles. The SMILES string of the molecule is CCCCCCCC/C=C\CCCCCCCCCC(=O)OC(COC(=O)CCCCCCCCCCCCCCCC)COC(=O)CCCCCCCCCCCCCCCCCCCCCCCC. The van der Waals surface area contributed by atoms with Crippen LogP contribution in [0.4, 0.5) is 0 Å². The number of unbranched alkanes of at least 4 members (excludes halogenated alkanes) is 47. The molecular weight excluding hydrogens is 877 g/mol. The molecule has 71 heavy (non-hydrogen) atoms. The van der Waals surface area contributed by atoms with Crippen LogP contribution in [0, 0.1) is 0 Å². The van der Waals surface area contributed by atoms with Gasteiger partial charge in [0.05, 0.1) is 0 Å². The van der Waals surface area contributed by atoms with Gasteiger partial charge in [-0.2, -0.15) is 0 Å². The molecule has 0 aromatic heterocycles. The average Bonchev–Trinajstić information content (AvgIpc) is 3.37. The smallest absolute Gasteiger partial charge is 0.306 e. The zero-order valence-electron chi connectivity index (χ0n) is 48.3. The lowest BCUT2D eigenvalue weighted by Crippen LogP contribution is -2.30. The van der Waals surface area contributed by atoms with Crippen LogP contribution in [0.3, 0.4) is 0 Å². The summed E-state index contributed by atoms with van der Waals surface area (Å²) in [5.74, 6) is -0.839. The second-order valence-electron chi connectivity index (χ2n) is 22.0. The molecule has 6 heteroatoms. The molecule has 420 valence electrons. The number of hydrogen-bond acceptors (Lipinski definition) is 6. The van der Waals surface area contributed by atoms with Crippen molar-refractivity contribution >= 4 is 17.9 Å². The minimum absolute atomic E-state index is 0.0652. The molecule has 0 bridgehead atoms. The second kappa shape index (κ2) is 60.7. The first-order valence-electron chi connectivity index (χ1n) is 32.2. The molecular formula is C65H124O6. The summed E-state index contributed by atoms with van der Waals surface area (Å²) in [7, 11) is 0. The lowest BCUT2D eigenvalue weighted by atomic mass is 10.0. The van der Waals surface area contributed by atoms with Crippen LogP contribution in [0.1, 0.15) is 367 Å². The van der Waals surface area contributed by atoms with E-state index < -0.39 is 6.10 Å². The highest BCUT2D eigenvalue weighted by atomic mass is 16.6. The molecule has 1 atom stereocenters. The summed E-state index contributed by atoms with van der Waals surface area (Å²) >= 11 is 0. The normalized spacial score (nSPS) is 12.0. The predicted octanol–water partition coefficient (Wildman–Crippen LogP) is 21.7. The molecule has 0 radical (unpaired) electrons. The van der Waals surface area contributed by atoms with Gasteiger partial charge in [-0.25, -0.2) is 0 Å². The van der Waals surface area contributed by atoms with Crippen LogP contribution >= 0.6 is 0 Å². The third kappa shape index (κ3) is 58.9. The summed E-state index contributed by atoms with van der Waals surface area (Å²) in [6.07, 6.45) is 70.7. The van der Waals surface area contributed by atoms with Crippen molar-refractivity contribution in [3.05, 3.63) is 12.2 Å². The predicted molar refractivity (Wildman–Crippen MR) is 307 cm³/mol. The van der Waals surface area contributed by atoms with Crippen LogP contribution in [0.5, 0.6) is 0 Å². The van der Waals surface area contributed by atoms with Crippen LogP contribution in [-0.2, 0) is 28.6 Å². The van der Waals surface area contributed by atoms with E-state index in [1.807, 2.05) is 0 Å². The minimum atomic E-state index is -0.767. The fraction of sp³-hybridized carbons (Fsp3) is 0.923. The number of ether oxygens (including phenoxy) is 3. The van der Waals surface area contributed by atoms with E-state index in [4.69, 9.17) is 14.2 Å². The summed E-state index contributed by atoms with van der Waals surface area (Å²) in [4.78, 5) is 38.3. The van der Waals surface area contributed by atoms with Gasteiger partial charge in [-0.15, -0.1) is 0 Å². The van der Waals surface area contributed by atoms with E-state index in [0.717, 1.165) is 57.8 Å². The first-order chi connectivity index (χ1) is 35.0. The van der Waals surface area contributed by atoms with Crippen molar-refractivity contribution in [3.8, 4) is 0 Å². The van der Waals surface area contributed by atoms with Crippen molar-refractivity contribution in [3.63, 3.8) is 0 Å². The van der Waals surface area contributed by atoms with E-state index in [0.29, 0.717) is 19.3 Å². The molecule has 0 aliphatic rings. The van der Waals surface area contributed by atoms with Gasteiger partial charge < -0.3 is 14.2 Å². The van der Waals surface area contributed by atoms with Crippen LogP contribution in [-0.4, -0.2) is 37.2 Å². The highest BCUT2D eigenvalue weighted by molar-refractivity contribution is 5.71. The van der Waals surface area contributed by atoms with Gasteiger partial charge in [0, 0.05) is 19.3 Å². The lowest BCUT2D eigenvalue weighted by molar-refractivity contribution is -0.167. The first-order valence-corrected chi connectivity index (χ1v) is 32.2. The zero-order valence-corrected chi connectivity index (χ0v) is 48.3. The van der Waals surface area contributed by atoms with E-state index in [1.54, 1.807) is 0 Å². The molecule has 0 aromatic carbocycles. The Labute approximate surface area is 443 Å². The zero-order chi connectivity index (χ0) is 51.4. The summed E-state index contributed by atoms with van der Waals surface area (Å²) in [6, 6.07) is 0.